The lowest BCUT2D eigenvalue weighted by molar-refractivity contribution is -0.385. The second kappa shape index (κ2) is 7.03. The van der Waals surface area contributed by atoms with Gasteiger partial charge < -0.3 is 10.1 Å². The number of ether oxygens (including phenoxy) is 1. The lowest BCUT2D eigenvalue weighted by atomic mass is 10.2. The number of rotatable bonds is 5. The Labute approximate surface area is 129 Å². The minimum absolute atomic E-state index is 0.0386. The predicted octanol–water partition coefficient (Wildman–Crippen LogP) is 1.02. The maximum absolute atomic E-state index is 12.5. The van der Waals surface area contributed by atoms with Gasteiger partial charge in [-0.3, -0.25) is 10.1 Å². The highest BCUT2D eigenvalue weighted by atomic mass is 32.2. The third-order valence-corrected chi connectivity index (χ3v) is 5.08. The van der Waals surface area contributed by atoms with Gasteiger partial charge in [-0.05, 0) is 25.5 Å². The summed E-state index contributed by atoms with van der Waals surface area (Å²) in [5.74, 6) is -0.0386. The molecule has 122 valence electrons. The Kier molecular flexibility index (Phi) is 5.33. The highest BCUT2D eigenvalue weighted by Gasteiger charge is 2.25. The van der Waals surface area contributed by atoms with Crippen molar-refractivity contribution >= 4 is 15.7 Å². The topological polar surface area (TPSA) is 111 Å². The van der Waals surface area contributed by atoms with Gasteiger partial charge in [0.05, 0.1) is 18.1 Å². The Morgan fingerprint density at radius 2 is 2.18 bits per heavy atom. The standard InChI is InChI=1S/C13H19N3O5S/c1-21-12-8-11(16(17)18)5-6-13(12)22(19,20)15-10-4-2-3-7-14-9-10/h5-6,8,10,14-15H,2-4,7,9H2,1H3. The number of methoxy groups -OCH3 is 1. The summed E-state index contributed by atoms with van der Waals surface area (Å²) in [4.78, 5) is 10.1. The van der Waals surface area contributed by atoms with Crippen LogP contribution in [0.1, 0.15) is 19.3 Å². The van der Waals surface area contributed by atoms with Gasteiger partial charge in [0, 0.05) is 18.7 Å². The van der Waals surface area contributed by atoms with Crippen molar-refractivity contribution in [3.05, 3.63) is 28.3 Å². The number of nitro groups is 1. The number of nitrogens with one attached hydrogen (secondary N) is 2. The van der Waals surface area contributed by atoms with Crippen LogP contribution in [0.5, 0.6) is 5.75 Å². The first-order valence-electron chi connectivity index (χ1n) is 6.99. The molecule has 1 aromatic rings. The highest BCUT2D eigenvalue weighted by molar-refractivity contribution is 7.89. The third-order valence-electron chi connectivity index (χ3n) is 3.52. The summed E-state index contributed by atoms with van der Waals surface area (Å²) in [6.07, 6.45) is 2.71. The summed E-state index contributed by atoms with van der Waals surface area (Å²) in [6.45, 7) is 1.44. The average Bonchev–Trinajstić information content (AvgIpc) is 2.74. The molecule has 1 aromatic carbocycles. The number of non-ortho nitro benzene ring substituents is 1. The molecule has 0 aliphatic carbocycles. The molecule has 0 bridgehead atoms. The van der Waals surface area contributed by atoms with Gasteiger partial charge in [0.25, 0.3) is 5.69 Å². The third kappa shape index (κ3) is 3.93. The van der Waals surface area contributed by atoms with Gasteiger partial charge in [0.15, 0.2) is 0 Å². The van der Waals surface area contributed by atoms with Gasteiger partial charge in [0.2, 0.25) is 10.0 Å². The molecule has 22 heavy (non-hydrogen) atoms. The molecule has 9 heteroatoms. The zero-order valence-electron chi connectivity index (χ0n) is 12.2. The first-order chi connectivity index (χ1) is 10.4. The molecule has 1 aliphatic heterocycles. The van der Waals surface area contributed by atoms with Crippen LogP contribution in [0.2, 0.25) is 0 Å². The first kappa shape index (κ1) is 16.7. The van der Waals surface area contributed by atoms with Gasteiger partial charge in [-0.25, -0.2) is 13.1 Å². The van der Waals surface area contributed by atoms with E-state index in [-0.39, 0.29) is 22.4 Å². The average molecular weight is 329 g/mol. The molecule has 0 spiro atoms. The molecule has 1 aliphatic rings. The lowest BCUT2D eigenvalue weighted by Crippen LogP contribution is -2.40. The van der Waals surface area contributed by atoms with E-state index in [4.69, 9.17) is 4.74 Å². The zero-order chi connectivity index (χ0) is 16.2. The SMILES string of the molecule is COc1cc([N+](=O)[O-])ccc1S(=O)(=O)NC1CCCCNC1. The molecule has 1 unspecified atom stereocenters. The van der Waals surface area contributed by atoms with E-state index in [9.17, 15) is 18.5 Å². The molecule has 0 saturated carbocycles. The Bertz CT molecular complexity index is 639. The molecule has 8 nitrogen and oxygen atoms in total. The molecule has 0 aromatic heterocycles. The Balaban J connectivity index is 2.26. The molecule has 2 rings (SSSR count). The normalized spacial score (nSPS) is 19.4. The van der Waals surface area contributed by atoms with Crippen LogP contribution in [-0.4, -0.2) is 39.6 Å². The number of sulfonamides is 1. The first-order valence-corrected chi connectivity index (χ1v) is 8.48. The van der Waals surface area contributed by atoms with Crippen molar-refractivity contribution in [3.63, 3.8) is 0 Å². The molecular formula is C13H19N3O5S. The predicted molar refractivity (Wildman–Crippen MR) is 80.5 cm³/mol. The van der Waals surface area contributed by atoms with Crippen LogP contribution in [0, 0.1) is 10.1 Å². The van der Waals surface area contributed by atoms with E-state index in [0.717, 1.165) is 37.9 Å². The van der Waals surface area contributed by atoms with Crippen molar-refractivity contribution in [2.45, 2.75) is 30.2 Å². The maximum atomic E-state index is 12.5. The van der Waals surface area contributed by atoms with Gasteiger partial charge >= 0.3 is 0 Å². The van der Waals surface area contributed by atoms with Crippen LogP contribution < -0.4 is 14.8 Å². The monoisotopic (exact) mass is 329 g/mol. The van der Waals surface area contributed by atoms with Crippen LogP contribution in [0.3, 0.4) is 0 Å². The van der Waals surface area contributed by atoms with Crippen LogP contribution in [-0.2, 0) is 10.0 Å². The van der Waals surface area contributed by atoms with Gasteiger partial charge in [-0.1, -0.05) is 6.42 Å². The molecule has 2 N–H and O–H groups in total. The summed E-state index contributed by atoms with van der Waals surface area (Å²) in [7, 11) is -2.52. The van der Waals surface area contributed by atoms with Crippen molar-refractivity contribution in [3.8, 4) is 5.75 Å². The summed E-state index contributed by atoms with van der Waals surface area (Å²) in [5, 5.41) is 13.9. The molecule has 1 fully saturated rings. The van der Waals surface area contributed by atoms with Crippen molar-refractivity contribution in [2.24, 2.45) is 0 Å². The smallest absolute Gasteiger partial charge is 0.273 e. The maximum Gasteiger partial charge on any atom is 0.273 e. The van der Waals surface area contributed by atoms with E-state index in [0.29, 0.717) is 6.54 Å². The largest absolute Gasteiger partial charge is 0.495 e. The van der Waals surface area contributed by atoms with E-state index in [2.05, 4.69) is 10.0 Å². The molecule has 1 saturated heterocycles. The summed E-state index contributed by atoms with van der Waals surface area (Å²) in [6, 6.07) is 3.26. The fraction of sp³-hybridized carbons (Fsp3) is 0.538. The van der Waals surface area contributed by atoms with Crippen LogP contribution in [0.15, 0.2) is 23.1 Å². The van der Waals surface area contributed by atoms with Crippen LogP contribution in [0.4, 0.5) is 5.69 Å². The minimum Gasteiger partial charge on any atom is -0.495 e. The van der Waals surface area contributed by atoms with Gasteiger partial charge in [-0.2, -0.15) is 0 Å². The van der Waals surface area contributed by atoms with E-state index in [1.807, 2.05) is 0 Å². The van der Waals surface area contributed by atoms with E-state index >= 15 is 0 Å². The van der Waals surface area contributed by atoms with E-state index in [1.54, 1.807) is 0 Å². The molecule has 0 radical (unpaired) electrons. The number of hydrogen-bond acceptors (Lipinski definition) is 6. The quantitative estimate of drug-likeness (QED) is 0.616. The molecular weight excluding hydrogens is 310 g/mol. The van der Waals surface area contributed by atoms with Gasteiger partial charge in [-0.15, -0.1) is 0 Å². The second-order valence-electron chi connectivity index (χ2n) is 5.11. The summed E-state index contributed by atoms with van der Waals surface area (Å²) >= 11 is 0. The fourth-order valence-electron chi connectivity index (χ4n) is 2.39. The number of hydrogen-bond donors (Lipinski definition) is 2. The Morgan fingerprint density at radius 3 is 2.86 bits per heavy atom. The van der Waals surface area contributed by atoms with Crippen molar-refractivity contribution < 1.29 is 18.1 Å². The Morgan fingerprint density at radius 1 is 1.41 bits per heavy atom. The van der Waals surface area contributed by atoms with Crippen molar-refractivity contribution in [2.75, 3.05) is 20.2 Å². The lowest BCUT2D eigenvalue weighted by Gasteiger charge is -2.17. The van der Waals surface area contributed by atoms with Gasteiger partial charge in [0.1, 0.15) is 10.6 Å². The molecule has 1 atom stereocenters. The van der Waals surface area contributed by atoms with Crippen molar-refractivity contribution in [1.82, 2.24) is 10.0 Å². The summed E-state index contributed by atoms with van der Waals surface area (Å²) in [5.41, 5.74) is -0.216. The molecule has 1 heterocycles. The van der Waals surface area contributed by atoms with E-state index < -0.39 is 14.9 Å². The van der Waals surface area contributed by atoms with Crippen LogP contribution in [0.25, 0.3) is 0 Å². The van der Waals surface area contributed by atoms with Crippen LogP contribution >= 0.6 is 0 Å². The van der Waals surface area contributed by atoms with E-state index in [1.165, 1.54) is 13.2 Å². The Hall–Kier alpha value is -1.71. The van der Waals surface area contributed by atoms with Crippen molar-refractivity contribution in [1.29, 1.82) is 0 Å². The zero-order valence-corrected chi connectivity index (χ0v) is 13.1. The highest BCUT2D eigenvalue weighted by Crippen LogP contribution is 2.28. The second-order valence-corrected chi connectivity index (χ2v) is 6.79. The fourth-order valence-corrected chi connectivity index (χ4v) is 3.82. The number of nitrogens with zero attached hydrogens (tertiary/aromatic N) is 1. The number of benzene rings is 1. The molecule has 0 amide bonds. The summed E-state index contributed by atoms with van der Waals surface area (Å²) < 4.78 is 32.6. The number of nitro benzene ring substituents is 1. The minimum atomic E-state index is -3.80.